The second kappa shape index (κ2) is 23.1. The average molecular weight is 1090 g/mol. The molecule has 10 rings (SSSR count). The Morgan fingerprint density at radius 2 is 1.07 bits per heavy atom. The molecule has 366 valence electrons. The maximum Gasteiger partial charge on any atom is 0.357 e. The minimum Gasteiger partial charge on any atom is -0.497 e. The Kier molecular flexibility index (Phi) is 16.1. The number of thiophene rings is 2. The van der Waals surface area contributed by atoms with Crippen LogP contribution in [0.2, 0.25) is 0 Å². The molecule has 0 unspecified atom stereocenters. The molecule has 0 radical (unpaired) electrons. The molecule has 6 aromatic heterocycles. The molecule has 10 aromatic rings. The van der Waals surface area contributed by atoms with Crippen LogP contribution in [-0.4, -0.2) is 52.0 Å². The van der Waals surface area contributed by atoms with E-state index in [1.165, 1.54) is 34.8 Å². The maximum atomic E-state index is 11.1. The molecule has 15 nitrogen and oxygen atoms in total. The molecule has 0 amide bonds. The number of nitrogens with one attached hydrogen (secondary N) is 3. The van der Waals surface area contributed by atoms with Gasteiger partial charge in [-0.2, -0.15) is 8.42 Å². The van der Waals surface area contributed by atoms with E-state index in [2.05, 4.69) is 38.2 Å². The van der Waals surface area contributed by atoms with Gasteiger partial charge in [0.1, 0.15) is 21.5 Å². The molecule has 4 aromatic carbocycles. The molecule has 72 heavy (non-hydrogen) atoms. The maximum absolute atomic E-state index is 11.1. The zero-order valence-electron chi connectivity index (χ0n) is 38.1. The summed E-state index contributed by atoms with van der Waals surface area (Å²) in [6.45, 7) is 0. The monoisotopic (exact) mass is 1090 g/mol. The summed E-state index contributed by atoms with van der Waals surface area (Å²) in [6, 6.07) is 36.9. The SMILES string of the molecule is COc1cccc(-c2csc(N[C@@H](Cc3ccc(NS(=O)(=O)O)cc3)c3csc(-c4cccs4)n3)n2)c1.COc1cccc(-c2csc(N[C@@H](Cc3ccc([N+](=O)[O-])cc3)c3csc(-c4cccs4)n3)n2)c1. The Morgan fingerprint density at radius 3 is 1.49 bits per heavy atom. The fraction of sp³-hybridized carbons (Fsp3) is 0.120. The van der Waals surface area contributed by atoms with Crippen LogP contribution in [0.1, 0.15) is 34.6 Å². The summed E-state index contributed by atoms with van der Waals surface area (Å²) in [5, 5.41) is 33.8. The minimum absolute atomic E-state index is 0.0785. The topological polar surface area (TPSA) is 204 Å². The van der Waals surface area contributed by atoms with E-state index in [1.807, 2.05) is 94.3 Å². The van der Waals surface area contributed by atoms with Crippen molar-refractivity contribution in [2.45, 2.75) is 24.9 Å². The predicted octanol–water partition coefficient (Wildman–Crippen LogP) is 13.9. The van der Waals surface area contributed by atoms with Gasteiger partial charge < -0.3 is 20.1 Å². The van der Waals surface area contributed by atoms with Gasteiger partial charge >= 0.3 is 10.3 Å². The van der Waals surface area contributed by atoms with Gasteiger partial charge in [0.2, 0.25) is 0 Å². The number of aromatic nitrogens is 4. The first-order chi connectivity index (χ1) is 34.9. The van der Waals surface area contributed by atoms with Gasteiger partial charge in [0.15, 0.2) is 10.3 Å². The van der Waals surface area contributed by atoms with Gasteiger partial charge in [-0.05, 0) is 83.3 Å². The first-order valence-corrected chi connectivity index (χ1v) is 28.5. The number of hydrogen-bond acceptors (Lipinski definition) is 18. The Morgan fingerprint density at radius 1 is 0.597 bits per heavy atom. The van der Waals surface area contributed by atoms with Crippen molar-refractivity contribution in [2.24, 2.45) is 0 Å². The normalized spacial score (nSPS) is 12.0. The second-order valence-corrected chi connectivity index (χ2v) is 22.1. The molecule has 22 heteroatoms. The van der Waals surface area contributed by atoms with Crippen molar-refractivity contribution in [1.29, 1.82) is 0 Å². The zero-order chi connectivity index (χ0) is 50.0. The zero-order valence-corrected chi connectivity index (χ0v) is 43.8. The van der Waals surface area contributed by atoms with E-state index in [4.69, 9.17) is 34.0 Å². The summed E-state index contributed by atoms with van der Waals surface area (Å²) >= 11 is 9.56. The third-order valence-electron chi connectivity index (χ3n) is 10.8. The van der Waals surface area contributed by atoms with Crippen LogP contribution >= 0.6 is 68.0 Å². The van der Waals surface area contributed by atoms with Crippen LogP contribution in [-0.2, 0) is 23.1 Å². The average Bonchev–Trinajstić information content (AvgIpc) is 4.25. The molecule has 0 aliphatic carbocycles. The van der Waals surface area contributed by atoms with Gasteiger partial charge in [0.25, 0.3) is 5.69 Å². The highest BCUT2D eigenvalue weighted by Crippen LogP contribution is 2.37. The number of nitrogens with zero attached hydrogens (tertiary/aromatic N) is 5. The van der Waals surface area contributed by atoms with E-state index in [1.54, 1.807) is 83.8 Å². The van der Waals surface area contributed by atoms with Crippen molar-refractivity contribution in [2.75, 3.05) is 29.6 Å². The van der Waals surface area contributed by atoms with E-state index in [0.29, 0.717) is 12.8 Å². The number of non-ortho nitro benzene ring substituents is 1. The smallest absolute Gasteiger partial charge is 0.357 e. The summed E-state index contributed by atoms with van der Waals surface area (Å²) < 4.78 is 44.0. The Balaban J connectivity index is 0.000000178. The lowest BCUT2D eigenvalue weighted by Gasteiger charge is -2.17. The molecule has 4 N–H and O–H groups in total. The molecule has 0 bridgehead atoms. The summed E-state index contributed by atoms with van der Waals surface area (Å²) in [4.78, 5) is 32.3. The minimum atomic E-state index is -4.33. The molecule has 2 atom stereocenters. The van der Waals surface area contributed by atoms with Gasteiger partial charge in [-0.1, -0.05) is 60.7 Å². The number of methoxy groups -OCH3 is 2. The van der Waals surface area contributed by atoms with Crippen LogP contribution in [0.25, 0.3) is 42.3 Å². The van der Waals surface area contributed by atoms with Gasteiger partial charge in [0, 0.05) is 44.8 Å². The first-order valence-electron chi connectivity index (χ1n) is 21.7. The molecule has 0 aliphatic heterocycles. The Bertz CT molecular complexity index is 3470. The van der Waals surface area contributed by atoms with Crippen molar-refractivity contribution in [1.82, 2.24) is 19.9 Å². The number of benzene rings is 4. The van der Waals surface area contributed by atoms with Crippen molar-refractivity contribution in [3.63, 3.8) is 0 Å². The third-order valence-corrected chi connectivity index (χ3v) is 16.6. The van der Waals surface area contributed by atoms with E-state index in [9.17, 15) is 18.5 Å². The molecule has 0 saturated heterocycles. The van der Waals surface area contributed by atoms with E-state index < -0.39 is 10.3 Å². The van der Waals surface area contributed by atoms with Gasteiger partial charge in [0.05, 0.1) is 69.4 Å². The van der Waals surface area contributed by atoms with Crippen LogP contribution < -0.4 is 24.8 Å². The highest BCUT2D eigenvalue weighted by atomic mass is 32.2. The molecular formula is C50H42N8O7S7. The number of anilines is 3. The Labute approximate surface area is 438 Å². The van der Waals surface area contributed by atoms with Crippen LogP contribution in [0.4, 0.5) is 21.6 Å². The van der Waals surface area contributed by atoms with Gasteiger partial charge in [-0.3, -0.25) is 19.4 Å². The highest BCUT2D eigenvalue weighted by Gasteiger charge is 2.22. The molecule has 0 fully saturated rings. The first kappa shape index (κ1) is 50.1. The number of ether oxygens (including phenoxy) is 2. The molecule has 0 spiro atoms. The van der Waals surface area contributed by atoms with Crippen LogP contribution in [0.15, 0.2) is 154 Å². The van der Waals surface area contributed by atoms with Crippen LogP contribution in [0.5, 0.6) is 11.5 Å². The molecule has 0 saturated carbocycles. The third kappa shape index (κ3) is 13.1. The lowest BCUT2D eigenvalue weighted by molar-refractivity contribution is -0.384. The largest absolute Gasteiger partial charge is 0.497 e. The molecule has 6 heterocycles. The number of rotatable bonds is 19. The quantitative estimate of drug-likeness (QED) is 0.0338. The number of nitro benzene ring substituents is 1. The fourth-order valence-corrected chi connectivity index (χ4v) is 12.6. The van der Waals surface area contributed by atoms with Crippen LogP contribution in [0.3, 0.4) is 0 Å². The lowest BCUT2D eigenvalue weighted by Crippen LogP contribution is -2.14. The summed E-state index contributed by atoms with van der Waals surface area (Å²) in [5.74, 6) is 1.55. The summed E-state index contributed by atoms with van der Waals surface area (Å²) in [6.07, 6.45) is 1.20. The van der Waals surface area contributed by atoms with E-state index in [-0.39, 0.29) is 28.4 Å². The Hall–Kier alpha value is -6.89. The highest BCUT2D eigenvalue weighted by molar-refractivity contribution is 7.87. The summed E-state index contributed by atoms with van der Waals surface area (Å²) in [7, 11) is -1.04. The van der Waals surface area contributed by atoms with Gasteiger partial charge in [-0.25, -0.2) is 19.9 Å². The van der Waals surface area contributed by atoms with E-state index in [0.717, 1.165) is 86.6 Å². The van der Waals surface area contributed by atoms with E-state index >= 15 is 0 Å². The van der Waals surface area contributed by atoms with Crippen molar-refractivity contribution in [3.8, 4) is 53.8 Å². The number of thiazole rings is 4. The van der Waals surface area contributed by atoms with Crippen LogP contribution in [0, 0.1) is 10.1 Å². The predicted molar refractivity (Wildman–Crippen MR) is 294 cm³/mol. The van der Waals surface area contributed by atoms with Crippen molar-refractivity contribution in [3.05, 3.63) is 186 Å². The van der Waals surface area contributed by atoms with Gasteiger partial charge in [-0.15, -0.1) is 68.0 Å². The van der Waals surface area contributed by atoms with Crippen molar-refractivity contribution >= 4 is 100.0 Å². The molecular weight excluding hydrogens is 1050 g/mol. The lowest BCUT2D eigenvalue weighted by atomic mass is 10.0. The second-order valence-electron chi connectivity index (χ2n) is 15.6. The number of nitro groups is 1. The number of hydrogen-bond donors (Lipinski definition) is 4. The standard InChI is InChI=1S/C25H22N4O4S4.C25H20N4O3S3/c1-33-19-5-2-4-17(13-19)21-14-36-25(28-21)27-20(22-15-35-24(26-22)23-6-3-11-34-23)12-16-7-9-18(10-8-16)29-37(30,31)32;1-32-19-5-2-4-17(13-19)21-14-35-25(28-21)27-20(12-16-7-9-18(10-8-16)29(30)31)22-15-34-24(26-22)23-6-3-11-33-23/h2-11,13-15,20,29H,12H2,1H3,(H,27,28)(H,30,31,32);2-11,13-15,20H,12H2,1H3,(H,27,28)/t2*20-/m00/s1. The molecule has 0 aliphatic rings. The fourth-order valence-electron chi connectivity index (χ4n) is 7.27. The van der Waals surface area contributed by atoms with Crippen molar-refractivity contribution < 1.29 is 27.4 Å². The summed E-state index contributed by atoms with van der Waals surface area (Å²) in [5.41, 5.74) is 7.77.